The van der Waals surface area contributed by atoms with Gasteiger partial charge in [0.05, 0.1) is 12.7 Å². The monoisotopic (exact) mass is 288 g/mol. The summed E-state index contributed by atoms with van der Waals surface area (Å²) in [6.45, 7) is 6.18. The Kier molecular flexibility index (Phi) is 9.41. The molecule has 0 N–H and O–H groups in total. The summed E-state index contributed by atoms with van der Waals surface area (Å²) in [5, 5.41) is 0. The second kappa shape index (κ2) is 10.2. The van der Waals surface area contributed by atoms with Gasteiger partial charge >= 0.3 is 17.9 Å². The zero-order valence-electron chi connectivity index (χ0n) is 12.6. The van der Waals surface area contributed by atoms with E-state index in [1.165, 1.54) is 20.8 Å². The van der Waals surface area contributed by atoms with Gasteiger partial charge in [-0.1, -0.05) is 0 Å². The van der Waals surface area contributed by atoms with Crippen LogP contribution in [0.15, 0.2) is 0 Å². The third-order valence-electron chi connectivity index (χ3n) is 2.57. The fourth-order valence-electron chi connectivity index (χ4n) is 1.79. The van der Waals surface area contributed by atoms with Gasteiger partial charge in [0.25, 0.3) is 0 Å². The maximum Gasteiger partial charge on any atom is 0.302 e. The van der Waals surface area contributed by atoms with E-state index in [-0.39, 0.29) is 30.1 Å². The SMILES string of the molecule is CC(=O)OCCC[C@H](CC[C@@H](C)OC(C)=O)OC(C)=O. The first-order valence-electron chi connectivity index (χ1n) is 6.79. The lowest BCUT2D eigenvalue weighted by molar-refractivity contribution is -0.150. The Balaban J connectivity index is 4.04. The van der Waals surface area contributed by atoms with E-state index >= 15 is 0 Å². The van der Waals surface area contributed by atoms with Gasteiger partial charge < -0.3 is 14.2 Å². The lowest BCUT2D eigenvalue weighted by atomic mass is 10.1. The fraction of sp³-hybridized carbons (Fsp3) is 0.786. The standard InChI is InChI=1S/C14H24O6/c1-10(19-12(3)16)7-8-14(20-13(4)17)6-5-9-18-11(2)15/h10,14H,5-9H2,1-4H3/t10-,14-/m1/s1. The Morgan fingerprint density at radius 2 is 1.45 bits per heavy atom. The van der Waals surface area contributed by atoms with Gasteiger partial charge in [-0.2, -0.15) is 0 Å². The lowest BCUT2D eigenvalue weighted by Gasteiger charge is -2.19. The summed E-state index contributed by atoms with van der Waals surface area (Å²) in [5.41, 5.74) is 0. The first-order chi connectivity index (χ1) is 9.31. The molecule has 116 valence electrons. The van der Waals surface area contributed by atoms with Crippen molar-refractivity contribution in [2.75, 3.05) is 6.61 Å². The molecule has 6 heteroatoms. The van der Waals surface area contributed by atoms with Crippen molar-refractivity contribution >= 4 is 17.9 Å². The van der Waals surface area contributed by atoms with Crippen LogP contribution in [0, 0.1) is 0 Å². The molecular weight excluding hydrogens is 264 g/mol. The molecule has 0 heterocycles. The third kappa shape index (κ3) is 11.5. The molecule has 0 spiro atoms. The van der Waals surface area contributed by atoms with Gasteiger partial charge in [0.15, 0.2) is 0 Å². The van der Waals surface area contributed by atoms with E-state index < -0.39 is 0 Å². The molecule has 0 bridgehead atoms. The maximum absolute atomic E-state index is 11.0. The van der Waals surface area contributed by atoms with Crippen molar-refractivity contribution in [1.82, 2.24) is 0 Å². The summed E-state index contributed by atoms with van der Waals surface area (Å²) in [6.07, 6.45) is 2.00. The predicted molar refractivity (Wildman–Crippen MR) is 71.9 cm³/mol. The molecule has 0 unspecified atom stereocenters. The zero-order valence-corrected chi connectivity index (χ0v) is 12.6. The van der Waals surface area contributed by atoms with Gasteiger partial charge in [0, 0.05) is 20.8 Å². The molecule has 0 radical (unpaired) electrons. The molecule has 0 saturated heterocycles. The average molecular weight is 288 g/mol. The highest BCUT2D eigenvalue weighted by Crippen LogP contribution is 2.13. The number of carbonyl (C=O) groups is 3. The summed E-state index contributed by atoms with van der Waals surface area (Å²) in [7, 11) is 0. The van der Waals surface area contributed by atoms with Gasteiger partial charge in [0.2, 0.25) is 0 Å². The second-order valence-corrected chi connectivity index (χ2v) is 4.71. The van der Waals surface area contributed by atoms with Crippen molar-refractivity contribution in [2.45, 2.75) is 65.6 Å². The Labute approximate surface area is 119 Å². The highest BCUT2D eigenvalue weighted by atomic mass is 16.5. The van der Waals surface area contributed by atoms with Gasteiger partial charge in [-0.15, -0.1) is 0 Å². The van der Waals surface area contributed by atoms with Crippen LogP contribution in [0.2, 0.25) is 0 Å². The maximum atomic E-state index is 11.0. The number of ether oxygens (including phenoxy) is 3. The number of rotatable bonds is 9. The number of hydrogen-bond acceptors (Lipinski definition) is 6. The molecule has 0 fully saturated rings. The molecule has 0 rings (SSSR count). The van der Waals surface area contributed by atoms with Gasteiger partial charge in [-0.25, -0.2) is 0 Å². The van der Waals surface area contributed by atoms with Crippen LogP contribution in [-0.2, 0) is 28.6 Å². The van der Waals surface area contributed by atoms with Crippen molar-refractivity contribution in [3.8, 4) is 0 Å². The summed E-state index contributed by atoms with van der Waals surface area (Å²) >= 11 is 0. The van der Waals surface area contributed by atoms with E-state index in [4.69, 9.17) is 14.2 Å². The second-order valence-electron chi connectivity index (χ2n) is 4.71. The minimum atomic E-state index is -0.345. The van der Waals surface area contributed by atoms with Crippen LogP contribution < -0.4 is 0 Å². The van der Waals surface area contributed by atoms with Crippen LogP contribution in [0.1, 0.15) is 53.4 Å². The molecule has 0 amide bonds. The van der Waals surface area contributed by atoms with E-state index in [1.54, 1.807) is 6.92 Å². The van der Waals surface area contributed by atoms with Crippen LogP contribution in [0.5, 0.6) is 0 Å². The smallest absolute Gasteiger partial charge is 0.302 e. The Morgan fingerprint density at radius 1 is 0.850 bits per heavy atom. The van der Waals surface area contributed by atoms with Crippen LogP contribution in [0.3, 0.4) is 0 Å². The molecule has 2 atom stereocenters. The Bertz CT molecular complexity index is 326. The molecular formula is C14H24O6. The summed E-state index contributed by atoms with van der Waals surface area (Å²) in [6, 6.07) is 0. The first-order valence-corrected chi connectivity index (χ1v) is 6.79. The Morgan fingerprint density at radius 3 is 1.95 bits per heavy atom. The Hall–Kier alpha value is -1.59. The molecule has 0 aliphatic heterocycles. The van der Waals surface area contributed by atoms with Crippen LogP contribution in [0.4, 0.5) is 0 Å². The van der Waals surface area contributed by atoms with E-state index in [0.717, 1.165) is 0 Å². The van der Waals surface area contributed by atoms with Crippen molar-refractivity contribution in [1.29, 1.82) is 0 Å². The fourth-order valence-corrected chi connectivity index (χ4v) is 1.79. The highest BCUT2D eigenvalue weighted by molar-refractivity contribution is 5.66. The third-order valence-corrected chi connectivity index (χ3v) is 2.57. The van der Waals surface area contributed by atoms with E-state index in [2.05, 4.69) is 0 Å². The van der Waals surface area contributed by atoms with Crippen LogP contribution in [-0.4, -0.2) is 36.7 Å². The lowest BCUT2D eigenvalue weighted by Crippen LogP contribution is -2.21. The average Bonchev–Trinajstić information content (AvgIpc) is 2.29. The van der Waals surface area contributed by atoms with Crippen molar-refractivity contribution in [3.63, 3.8) is 0 Å². The molecule has 0 aromatic rings. The van der Waals surface area contributed by atoms with E-state index in [0.29, 0.717) is 32.3 Å². The quantitative estimate of drug-likeness (QED) is 0.367. The van der Waals surface area contributed by atoms with Crippen molar-refractivity contribution in [3.05, 3.63) is 0 Å². The summed E-state index contributed by atoms with van der Waals surface area (Å²) in [4.78, 5) is 32.4. The van der Waals surface area contributed by atoms with Crippen molar-refractivity contribution < 1.29 is 28.6 Å². The molecule has 0 aromatic heterocycles. The molecule has 0 aromatic carbocycles. The van der Waals surface area contributed by atoms with Crippen LogP contribution >= 0.6 is 0 Å². The highest BCUT2D eigenvalue weighted by Gasteiger charge is 2.15. The van der Waals surface area contributed by atoms with Crippen molar-refractivity contribution in [2.24, 2.45) is 0 Å². The van der Waals surface area contributed by atoms with E-state index in [9.17, 15) is 14.4 Å². The van der Waals surface area contributed by atoms with Crippen LogP contribution in [0.25, 0.3) is 0 Å². The molecule has 0 saturated carbocycles. The molecule has 6 nitrogen and oxygen atoms in total. The molecule has 20 heavy (non-hydrogen) atoms. The number of carbonyl (C=O) groups excluding carboxylic acids is 3. The topological polar surface area (TPSA) is 78.9 Å². The summed E-state index contributed by atoms with van der Waals surface area (Å²) < 4.78 is 15.0. The largest absolute Gasteiger partial charge is 0.466 e. The summed E-state index contributed by atoms with van der Waals surface area (Å²) in [5.74, 6) is -0.989. The van der Waals surface area contributed by atoms with Gasteiger partial charge in [-0.05, 0) is 32.6 Å². The predicted octanol–water partition coefficient (Wildman–Crippen LogP) is 1.99. The minimum Gasteiger partial charge on any atom is -0.466 e. The number of esters is 3. The zero-order chi connectivity index (χ0) is 15.5. The van der Waals surface area contributed by atoms with Gasteiger partial charge in [-0.3, -0.25) is 14.4 Å². The van der Waals surface area contributed by atoms with E-state index in [1.807, 2.05) is 0 Å². The van der Waals surface area contributed by atoms with Gasteiger partial charge in [0.1, 0.15) is 6.10 Å². The number of hydrogen-bond donors (Lipinski definition) is 0. The minimum absolute atomic E-state index is 0.209. The molecule has 0 aliphatic rings. The first kappa shape index (κ1) is 18.4. The normalized spacial score (nSPS) is 13.2. The molecule has 0 aliphatic carbocycles.